The highest BCUT2D eigenvalue weighted by atomic mass is 16.7. The summed E-state index contributed by atoms with van der Waals surface area (Å²) in [5, 5.41) is 12.1. The van der Waals surface area contributed by atoms with Crippen LogP contribution < -0.4 is 19.9 Å². The van der Waals surface area contributed by atoms with Crippen LogP contribution >= 0.6 is 0 Å². The van der Waals surface area contributed by atoms with E-state index in [1.54, 1.807) is 12.1 Å². The van der Waals surface area contributed by atoms with Crippen LogP contribution in [0.2, 0.25) is 0 Å². The van der Waals surface area contributed by atoms with Crippen molar-refractivity contribution < 1.29 is 28.9 Å². The van der Waals surface area contributed by atoms with Gasteiger partial charge < -0.3 is 24.2 Å². The van der Waals surface area contributed by atoms with Crippen LogP contribution in [0.1, 0.15) is 37.3 Å². The van der Waals surface area contributed by atoms with Crippen LogP contribution in [0.4, 0.5) is 22.1 Å². The fraction of sp³-hybridized carbons (Fsp3) is 0.500. The largest absolute Gasteiger partial charge is 0.491 e. The molecule has 5 rings (SSSR count). The van der Waals surface area contributed by atoms with Crippen molar-refractivity contribution in [1.29, 1.82) is 0 Å². The Bertz CT molecular complexity index is 1110. The molecule has 180 valence electrons. The van der Waals surface area contributed by atoms with E-state index in [1.807, 2.05) is 13.8 Å². The number of ether oxygens (including phenoxy) is 3. The summed E-state index contributed by atoms with van der Waals surface area (Å²) in [6.07, 6.45) is 4.50. The Morgan fingerprint density at radius 3 is 2.97 bits per heavy atom. The molecular weight excluding hydrogens is 444 g/mol. The highest BCUT2D eigenvalue weighted by Crippen LogP contribution is 2.37. The summed E-state index contributed by atoms with van der Waals surface area (Å²) in [7, 11) is 0. The third-order valence-electron chi connectivity index (χ3n) is 5.96. The van der Waals surface area contributed by atoms with E-state index in [4.69, 9.17) is 14.2 Å². The molecule has 2 bridgehead atoms. The molecule has 0 radical (unpaired) electrons. The van der Waals surface area contributed by atoms with E-state index in [0.29, 0.717) is 37.0 Å². The number of pyridine rings is 1. The molecule has 0 aliphatic carbocycles. The quantitative estimate of drug-likeness (QED) is 0.668. The highest BCUT2D eigenvalue weighted by Gasteiger charge is 2.39. The Labute approximate surface area is 195 Å². The maximum absolute atomic E-state index is 13.3. The van der Waals surface area contributed by atoms with E-state index in [2.05, 4.69) is 25.2 Å². The van der Waals surface area contributed by atoms with Crippen molar-refractivity contribution in [3.63, 3.8) is 0 Å². The van der Waals surface area contributed by atoms with Crippen molar-refractivity contribution in [1.82, 2.24) is 15.0 Å². The zero-order chi connectivity index (χ0) is 23.9. The van der Waals surface area contributed by atoms with E-state index in [0.717, 1.165) is 19.4 Å². The average molecular weight is 470 g/mol. The lowest BCUT2D eigenvalue weighted by Gasteiger charge is -2.45. The zero-order valence-corrected chi connectivity index (χ0v) is 18.9. The zero-order valence-electron chi connectivity index (χ0n) is 18.9. The molecule has 0 spiro atoms. The second-order valence-corrected chi connectivity index (χ2v) is 8.89. The van der Waals surface area contributed by atoms with Gasteiger partial charge in [-0.25, -0.2) is 24.5 Å². The molecule has 3 aliphatic heterocycles. The third-order valence-corrected chi connectivity index (χ3v) is 5.96. The van der Waals surface area contributed by atoms with E-state index >= 15 is 0 Å². The standard InChI is InChI=1S/C22H26N6O6/c1-22(2)33-12-15(34-22)11-32-14-5-6-23-17(8-14)25-21(31)28-13-4-3-7-27(10-13)16-9-24-18(20(29)30)26-19(16)28/h5-6,8-9,13,15H,3-4,7,10-12H2,1-2H3,(H,29,30)(H,23,25,31)/t13?,15-/m0/s1. The Hall–Kier alpha value is -3.51. The van der Waals surface area contributed by atoms with Crippen molar-refractivity contribution >= 4 is 29.3 Å². The summed E-state index contributed by atoms with van der Waals surface area (Å²) in [6.45, 7) is 5.88. The summed E-state index contributed by atoms with van der Waals surface area (Å²) in [5.74, 6) is -1.12. The monoisotopic (exact) mass is 470 g/mol. The number of fused-ring (bicyclic) bond motifs is 4. The molecule has 0 saturated carbocycles. The maximum atomic E-state index is 13.3. The van der Waals surface area contributed by atoms with Crippen LogP contribution in [0.15, 0.2) is 24.5 Å². The van der Waals surface area contributed by atoms with E-state index in [1.165, 1.54) is 17.3 Å². The Morgan fingerprint density at radius 2 is 2.21 bits per heavy atom. The molecular formula is C22H26N6O6. The summed E-state index contributed by atoms with van der Waals surface area (Å²) >= 11 is 0. The predicted molar refractivity (Wildman–Crippen MR) is 120 cm³/mol. The molecule has 2 fully saturated rings. The highest BCUT2D eigenvalue weighted by molar-refractivity contribution is 6.04. The van der Waals surface area contributed by atoms with Crippen molar-refractivity contribution in [3.05, 3.63) is 30.4 Å². The average Bonchev–Trinajstić information content (AvgIpc) is 3.16. The second-order valence-electron chi connectivity index (χ2n) is 8.89. The van der Waals surface area contributed by atoms with Crippen molar-refractivity contribution in [2.45, 2.75) is 44.6 Å². The number of carbonyl (C=O) groups is 2. The lowest BCUT2D eigenvalue weighted by Crippen LogP contribution is -2.56. The number of nitrogens with zero attached hydrogens (tertiary/aromatic N) is 5. The van der Waals surface area contributed by atoms with Crippen molar-refractivity contribution in [3.8, 4) is 5.75 Å². The SMILES string of the molecule is CC1(C)OC[C@H](COc2ccnc(NC(=O)N3c4nc(C(=O)O)ncc4N4CCCC3C4)c2)O1. The molecule has 2 N–H and O–H groups in total. The summed E-state index contributed by atoms with van der Waals surface area (Å²) in [5.41, 5.74) is 0.642. The first-order valence-electron chi connectivity index (χ1n) is 11.2. The van der Waals surface area contributed by atoms with Crippen LogP contribution in [-0.4, -0.2) is 76.3 Å². The molecule has 34 heavy (non-hydrogen) atoms. The van der Waals surface area contributed by atoms with Gasteiger partial charge in [-0.3, -0.25) is 10.2 Å². The fourth-order valence-corrected chi connectivity index (χ4v) is 4.46. The maximum Gasteiger partial charge on any atom is 0.374 e. The lowest BCUT2D eigenvalue weighted by atomic mass is 10.0. The molecule has 12 nitrogen and oxygen atoms in total. The van der Waals surface area contributed by atoms with Crippen LogP contribution in [0.3, 0.4) is 0 Å². The number of hydrogen-bond acceptors (Lipinski definition) is 9. The van der Waals surface area contributed by atoms with Gasteiger partial charge in [-0.1, -0.05) is 0 Å². The number of anilines is 3. The van der Waals surface area contributed by atoms with E-state index in [9.17, 15) is 14.7 Å². The van der Waals surface area contributed by atoms with Gasteiger partial charge in [0.25, 0.3) is 0 Å². The first kappa shape index (κ1) is 22.3. The van der Waals surface area contributed by atoms with Crippen molar-refractivity contribution in [2.24, 2.45) is 0 Å². The molecule has 2 saturated heterocycles. The molecule has 12 heteroatoms. The predicted octanol–water partition coefficient (Wildman–Crippen LogP) is 2.12. The smallest absolute Gasteiger partial charge is 0.374 e. The van der Waals surface area contributed by atoms with Crippen LogP contribution in [-0.2, 0) is 9.47 Å². The minimum absolute atomic E-state index is 0.139. The fourth-order valence-electron chi connectivity index (χ4n) is 4.46. The lowest BCUT2D eigenvalue weighted by molar-refractivity contribution is -0.141. The third kappa shape index (κ3) is 4.46. The number of carboxylic acids is 1. The van der Waals surface area contributed by atoms with Gasteiger partial charge in [0.1, 0.15) is 24.3 Å². The van der Waals surface area contributed by atoms with Gasteiger partial charge in [0.2, 0.25) is 5.82 Å². The van der Waals surface area contributed by atoms with E-state index < -0.39 is 17.8 Å². The molecule has 2 aromatic rings. The van der Waals surface area contributed by atoms with Gasteiger partial charge >= 0.3 is 12.0 Å². The Kier molecular flexibility index (Phi) is 5.70. The minimum Gasteiger partial charge on any atom is -0.491 e. The first-order valence-corrected chi connectivity index (χ1v) is 11.2. The summed E-state index contributed by atoms with van der Waals surface area (Å²) in [4.78, 5) is 40.7. The van der Waals surface area contributed by atoms with Gasteiger partial charge in [-0.2, -0.15) is 0 Å². The number of aromatic carboxylic acids is 1. The normalized spacial score (nSPS) is 22.8. The number of nitrogens with one attached hydrogen (secondary N) is 1. The molecule has 2 atom stereocenters. The van der Waals surface area contributed by atoms with Gasteiger partial charge in [0, 0.05) is 25.4 Å². The van der Waals surface area contributed by atoms with Crippen LogP contribution in [0.25, 0.3) is 0 Å². The number of carbonyl (C=O) groups excluding carboxylic acids is 1. The summed E-state index contributed by atoms with van der Waals surface area (Å²) in [6, 6.07) is 2.74. The molecule has 2 amide bonds. The molecule has 2 aromatic heterocycles. The second kappa shape index (κ2) is 8.69. The Balaban J connectivity index is 1.32. The topological polar surface area (TPSA) is 139 Å². The molecule has 3 aliphatic rings. The van der Waals surface area contributed by atoms with Gasteiger partial charge in [0.05, 0.1) is 24.5 Å². The van der Waals surface area contributed by atoms with Crippen LogP contribution in [0, 0.1) is 0 Å². The number of rotatable bonds is 5. The number of carboxylic acid groups (broad SMARTS) is 1. The van der Waals surface area contributed by atoms with Gasteiger partial charge in [-0.05, 0) is 32.8 Å². The Morgan fingerprint density at radius 1 is 1.35 bits per heavy atom. The van der Waals surface area contributed by atoms with Crippen molar-refractivity contribution in [2.75, 3.05) is 41.4 Å². The molecule has 1 unspecified atom stereocenters. The van der Waals surface area contributed by atoms with Gasteiger partial charge in [-0.15, -0.1) is 0 Å². The minimum atomic E-state index is -1.25. The number of urea groups is 1. The van der Waals surface area contributed by atoms with E-state index in [-0.39, 0.29) is 23.8 Å². The molecule has 0 aromatic carbocycles. The van der Waals surface area contributed by atoms with Gasteiger partial charge in [0.15, 0.2) is 11.6 Å². The number of hydrogen-bond donors (Lipinski definition) is 2. The number of piperidine rings is 1. The number of amides is 2. The van der Waals surface area contributed by atoms with Crippen LogP contribution in [0.5, 0.6) is 5.75 Å². The first-order chi connectivity index (χ1) is 16.3. The summed E-state index contributed by atoms with van der Waals surface area (Å²) < 4.78 is 17.1. The molecule has 5 heterocycles. The number of aromatic nitrogens is 3.